The number of hydrogen-bond acceptors (Lipinski definition) is 7. The summed E-state index contributed by atoms with van der Waals surface area (Å²) in [5, 5.41) is 20.3. The van der Waals surface area contributed by atoms with Gasteiger partial charge in [0.15, 0.2) is 0 Å². The van der Waals surface area contributed by atoms with E-state index in [0.717, 1.165) is 18.7 Å². The van der Waals surface area contributed by atoms with E-state index in [1.54, 1.807) is 6.07 Å². The fourth-order valence-corrected chi connectivity index (χ4v) is 4.05. The second kappa shape index (κ2) is 6.39. The maximum Gasteiger partial charge on any atom is 0.293 e. The van der Waals surface area contributed by atoms with E-state index >= 15 is 0 Å². The van der Waals surface area contributed by atoms with Crippen LogP contribution in [0.4, 0.5) is 11.4 Å². The maximum absolute atomic E-state index is 12.0. The molecule has 1 N–H and O–H groups in total. The van der Waals surface area contributed by atoms with E-state index in [0.29, 0.717) is 36.3 Å². The van der Waals surface area contributed by atoms with E-state index in [1.807, 2.05) is 11.2 Å². The molecule has 1 aliphatic heterocycles. The van der Waals surface area contributed by atoms with Crippen molar-refractivity contribution in [3.63, 3.8) is 0 Å². The number of H-pyrrole nitrogens is 1. The predicted molar refractivity (Wildman–Crippen MR) is 101 cm³/mol. The van der Waals surface area contributed by atoms with Gasteiger partial charge in [-0.3, -0.25) is 14.9 Å². The molecule has 144 valence electrons. The van der Waals surface area contributed by atoms with Crippen molar-refractivity contribution in [2.45, 2.75) is 37.6 Å². The first kappa shape index (κ1) is 16.8. The summed E-state index contributed by atoms with van der Waals surface area (Å²) in [7, 11) is 0. The van der Waals surface area contributed by atoms with Gasteiger partial charge in [-0.15, -0.1) is 10.2 Å². The van der Waals surface area contributed by atoms with Gasteiger partial charge in [0.1, 0.15) is 17.8 Å². The number of rotatable bonds is 4. The molecule has 0 bridgehead atoms. The highest BCUT2D eigenvalue weighted by molar-refractivity contribution is 5.87. The number of anilines is 1. The molecule has 0 atom stereocenters. The lowest BCUT2D eigenvalue weighted by Gasteiger charge is -2.33. The summed E-state index contributed by atoms with van der Waals surface area (Å²) in [6.07, 6.45) is 7.19. The van der Waals surface area contributed by atoms with Gasteiger partial charge < -0.3 is 14.5 Å². The number of nitro benzene ring substituents is 1. The van der Waals surface area contributed by atoms with Crippen LogP contribution in [0, 0.1) is 10.1 Å². The van der Waals surface area contributed by atoms with E-state index in [4.69, 9.17) is 0 Å². The Bertz CT molecular complexity index is 1110. The predicted octanol–water partition coefficient (Wildman–Crippen LogP) is 2.14. The molecule has 1 aromatic carbocycles. The van der Waals surface area contributed by atoms with Gasteiger partial charge in [-0.25, -0.2) is 4.98 Å². The Morgan fingerprint density at radius 1 is 1.18 bits per heavy atom. The van der Waals surface area contributed by atoms with Crippen molar-refractivity contribution in [1.82, 2.24) is 24.7 Å². The molecule has 1 saturated carbocycles. The first-order valence-corrected chi connectivity index (χ1v) is 9.42. The van der Waals surface area contributed by atoms with Gasteiger partial charge in [-0.05, 0) is 31.7 Å². The number of fused-ring (bicyclic) bond motifs is 1. The van der Waals surface area contributed by atoms with Crippen molar-refractivity contribution < 1.29 is 4.92 Å². The van der Waals surface area contributed by atoms with Crippen LogP contribution in [0.25, 0.3) is 10.9 Å². The monoisotopic (exact) mass is 381 g/mol. The zero-order valence-electron chi connectivity index (χ0n) is 15.1. The zero-order chi connectivity index (χ0) is 19.3. The normalized spacial score (nSPS) is 17.9. The number of benzene rings is 1. The first-order valence-electron chi connectivity index (χ1n) is 9.42. The summed E-state index contributed by atoms with van der Waals surface area (Å²) < 4.78 is 2.19. The molecule has 3 aromatic rings. The lowest BCUT2D eigenvalue weighted by Crippen LogP contribution is -2.34. The average Bonchev–Trinajstić information content (AvgIpc) is 3.44. The SMILES string of the molecule is O=c1[nH]cnc2cc(N3CCC(c4nncn4C4CC4)CC3)c([N+](=O)[O-])cc12. The molecule has 28 heavy (non-hydrogen) atoms. The quantitative estimate of drug-likeness (QED) is 0.542. The van der Waals surface area contributed by atoms with Crippen LogP contribution in [0.3, 0.4) is 0 Å². The molecule has 0 spiro atoms. The molecule has 0 unspecified atom stereocenters. The van der Waals surface area contributed by atoms with Crippen LogP contribution in [-0.2, 0) is 0 Å². The Morgan fingerprint density at radius 3 is 2.68 bits per heavy atom. The van der Waals surface area contributed by atoms with E-state index in [-0.39, 0.29) is 16.6 Å². The van der Waals surface area contributed by atoms with Crippen LogP contribution in [0.2, 0.25) is 0 Å². The van der Waals surface area contributed by atoms with E-state index in [9.17, 15) is 14.9 Å². The Morgan fingerprint density at radius 2 is 1.96 bits per heavy atom. The fraction of sp³-hybridized carbons (Fsp3) is 0.444. The summed E-state index contributed by atoms with van der Waals surface area (Å²) in [4.78, 5) is 31.8. The second-order valence-electron chi connectivity index (χ2n) is 7.44. The van der Waals surface area contributed by atoms with Gasteiger partial charge in [0.25, 0.3) is 11.2 Å². The van der Waals surface area contributed by atoms with Crippen molar-refractivity contribution in [2.75, 3.05) is 18.0 Å². The fourth-order valence-electron chi connectivity index (χ4n) is 4.05. The maximum atomic E-state index is 12.0. The van der Waals surface area contributed by atoms with E-state index in [1.165, 1.54) is 25.2 Å². The van der Waals surface area contributed by atoms with E-state index in [2.05, 4.69) is 24.7 Å². The molecule has 2 fully saturated rings. The Hall–Kier alpha value is -3.30. The van der Waals surface area contributed by atoms with Crippen LogP contribution >= 0.6 is 0 Å². The van der Waals surface area contributed by atoms with Crippen molar-refractivity contribution in [2.24, 2.45) is 0 Å². The molecule has 10 heteroatoms. The lowest BCUT2D eigenvalue weighted by molar-refractivity contribution is -0.384. The summed E-state index contributed by atoms with van der Waals surface area (Å²) in [6, 6.07) is 3.51. The smallest absolute Gasteiger partial charge is 0.293 e. The molecular weight excluding hydrogens is 362 g/mol. The van der Waals surface area contributed by atoms with Crippen LogP contribution in [-0.4, -0.2) is 42.7 Å². The third-order valence-electron chi connectivity index (χ3n) is 5.68. The third kappa shape index (κ3) is 2.81. The first-order chi connectivity index (χ1) is 13.6. The average molecular weight is 381 g/mol. The van der Waals surface area contributed by atoms with Crippen molar-refractivity contribution in [3.05, 3.63) is 51.1 Å². The molecule has 10 nitrogen and oxygen atoms in total. The van der Waals surface area contributed by atoms with Crippen molar-refractivity contribution >= 4 is 22.3 Å². The summed E-state index contributed by atoms with van der Waals surface area (Å²) >= 11 is 0. The number of aromatic amines is 1. The molecule has 1 aliphatic carbocycles. The number of nitro groups is 1. The zero-order valence-corrected chi connectivity index (χ0v) is 15.1. The van der Waals surface area contributed by atoms with Crippen molar-refractivity contribution in [3.8, 4) is 0 Å². The molecule has 5 rings (SSSR count). The summed E-state index contributed by atoms with van der Waals surface area (Å²) in [6.45, 7) is 1.36. The summed E-state index contributed by atoms with van der Waals surface area (Å²) in [5.41, 5.74) is 0.529. The highest BCUT2D eigenvalue weighted by Crippen LogP contribution is 2.40. The highest BCUT2D eigenvalue weighted by atomic mass is 16.6. The molecule has 0 radical (unpaired) electrons. The van der Waals surface area contributed by atoms with Gasteiger partial charge in [-0.2, -0.15) is 0 Å². The molecular formula is C18H19N7O3. The third-order valence-corrected chi connectivity index (χ3v) is 5.68. The minimum Gasteiger partial charge on any atom is -0.366 e. The van der Waals surface area contributed by atoms with Crippen LogP contribution in [0.5, 0.6) is 0 Å². The second-order valence-corrected chi connectivity index (χ2v) is 7.44. The minimum absolute atomic E-state index is 0.0643. The number of nitrogens with zero attached hydrogens (tertiary/aromatic N) is 6. The molecule has 1 saturated heterocycles. The molecule has 0 amide bonds. The number of hydrogen-bond donors (Lipinski definition) is 1. The standard InChI is InChI=1S/C18H19N7O3/c26-18-13-7-16(25(27)28)15(8-14(13)19-9-20-18)23-5-3-11(4-6-23)17-22-21-10-24(17)12-1-2-12/h7-12H,1-6H2,(H,19,20,26). The van der Waals surface area contributed by atoms with Gasteiger partial charge in [-0.1, -0.05) is 0 Å². The highest BCUT2D eigenvalue weighted by Gasteiger charge is 2.32. The van der Waals surface area contributed by atoms with Gasteiger partial charge in [0, 0.05) is 31.1 Å². The Labute approximate surface area is 159 Å². The van der Waals surface area contributed by atoms with Crippen molar-refractivity contribution in [1.29, 1.82) is 0 Å². The number of aromatic nitrogens is 5. The Balaban J connectivity index is 1.43. The van der Waals surface area contributed by atoms with E-state index < -0.39 is 4.92 Å². The number of piperidine rings is 1. The van der Waals surface area contributed by atoms with Crippen LogP contribution < -0.4 is 10.5 Å². The van der Waals surface area contributed by atoms with Gasteiger partial charge >= 0.3 is 0 Å². The Kier molecular flexibility index (Phi) is 3.85. The summed E-state index contributed by atoms with van der Waals surface area (Å²) in [5.74, 6) is 1.34. The minimum atomic E-state index is -0.434. The molecule has 3 heterocycles. The lowest BCUT2D eigenvalue weighted by atomic mass is 9.95. The number of nitrogens with one attached hydrogen (secondary N) is 1. The largest absolute Gasteiger partial charge is 0.366 e. The van der Waals surface area contributed by atoms with Gasteiger partial charge in [0.05, 0.1) is 22.2 Å². The van der Waals surface area contributed by atoms with Gasteiger partial charge in [0.2, 0.25) is 0 Å². The molecule has 2 aromatic heterocycles. The topological polar surface area (TPSA) is 123 Å². The molecule has 2 aliphatic rings. The van der Waals surface area contributed by atoms with Crippen LogP contribution in [0.15, 0.2) is 29.6 Å². The van der Waals surface area contributed by atoms with Crippen LogP contribution in [0.1, 0.15) is 43.5 Å².